The molecular weight excluding hydrogens is 306 g/mol. The van der Waals surface area contributed by atoms with E-state index in [-0.39, 0.29) is 6.54 Å². The smallest absolute Gasteiger partial charge is 0.341 e. The van der Waals surface area contributed by atoms with Gasteiger partial charge in [-0.3, -0.25) is 0 Å². The highest BCUT2D eigenvalue weighted by Gasteiger charge is 2.30. The van der Waals surface area contributed by atoms with Crippen molar-refractivity contribution in [3.05, 3.63) is 29.3 Å². The summed E-state index contributed by atoms with van der Waals surface area (Å²) in [6.07, 6.45) is 0. The van der Waals surface area contributed by atoms with Gasteiger partial charge < -0.3 is 5.11 Å². The minimum atomic E-state index is -4.37. The second-order valence-corrected chi connectivity index (χ2v) is 6.37. The van der Waals surface area contributed by atoms with Crippen LogP contribution in [0.3, 0.4) is 0 Å². The number of hydrogen-bond donors (Lipinski definition) is 1. The lowest BCUT2D eigenvalue weighted by Gasteiger charge is -2.19. The molecule has 0 heterocycles. The van der Waals surface area contributed by atoms with E-state index in [2.05, 4.69) is 0 Å². The van der Waals surface area contributed by atoms with Gasteiger partial charge in [-0.25, -0.2) is 22.0 Å². The first kappa shape index (κ1) is 17.0. The van der Waals surface area contributed by atoms with E-state index in [1.807, 2.05) is 6.07 Å². The van der Waals surface area contributed by atoms with Gasteiger partial charge in [-0.15, -0.1) is 0 Å². The number of halogens is 2. The molecule has 0 bridgehead atoms. The summed E-state index contributed by atoms with van der Waals surface area (Å²) < 4.78 is 52.2. The molecule has 6 nitrogen and oxygen atoms in total. The third-order valence-corrected chi connectivity index (χ3v) is 4.55. The summed E-state index contributed by atoms with van der Waals surface area (Å²) in [4.78, 5) is 9.83. The van der Waals surface area contributed by atoms with Crippen LogP contribution in [0.5, 0.6) is 0 Å². The minimum Gasteiger partial charge on any atom is -0.477 e. The first-order chi connectivity index (χ1) is 9.62. The van der Waals surface area contributed by atoms with Crippen molar-refractivity contribution in [2.45, 2.75) is 11.8 Å². The molecule has 1 aromatic rings. The molecular formula is C12H12F2N2O4S. The number of carboxylic acids is 1. The van der Waals surface area contributed by atoms with Gasteiger partial charge in [-0.1, -0.05) is 0 Å². The van der Waals surface area contributed by atoms with E-state index in [4.69, 9.17) is 10.4 Å². The van der Waals surface area contributed by atoms with Crippen LogP contribution >= 0.6 is 0 Å². The van der Waals surface area contributed by atoms with Crippen molar-refractivity contribution in [1.29, 1.82) is 5.26 Å². The maximum absolute atomic E-state index is 14.0. The average molecular weight is 318 g/mol. The van der Waals surface area contributed by atoms with Crippen molar-refractivity contribution in [1.82, 2.24) is 4.31 Å². The number of hydrogen-bond acceptors (Lipinski definition) is 4. The fourth-order valence-corrected chi connectivity index (χ4v) is 2.95. The molecule has 1 rings (SSSR count). The van der Waals surface area contributed by atoms with Gasteiger partial charge in [0.2, 0.25) is 10.0 Å². The van der Waals surface area contributed by atoms with Crippen LogP contribution in [-0.2, 0) is 10.0 Å². The van der Waals surface area contributed by atoms with Gasteiger partial charge in [-0.05, 0) is 19.1 Å². The van der Waals surface area contributed by atoms with E-state index >= 15 is 0 Å². The van der Waals surface area contributed by atoms with E-state index in [9.17, 15) is 22.0 Å². The van der Waals surface area contributed by atoms with Crippen LogP contribution in [0.15, 0.2) is 17.0 Å². The van der Waals surface area contributed by atoms with Crippen LogP contribution in [0, 0.1) is 28.9 Å². The number of nitrogens with zero attached hydrogens (tertiary/aromatic N) is 2. The molecule has 1 unspecified atom stereocenters. The minimum absolute atomic E-state index is 0.210. The van der Waals surface area contributed by atoms with Crippen LogP contribution in [0.2, 0.25) is 0 Å². The molecule has 0 fully saturated rings. The highest BCUT2D eigenvalue weighted by Crippen LogP contribution is 2.24. The fourth-order valence-electron chi connectivity index (χ4n) is 1.62. The van der Waals surface area contributed by atoms with Crippen LogP contribution in [0.25, 0.3) is 0 Å². The Kier molecular flexibility index (Phi) is 4.98. The Morgan fingerprint density at radius 1 is 1.48 bits per heavy atom. The van der Waals surface area contributed by atoms with E-state index < -0.39 is 44.0 Å². The molecule has 0 saturated carbocycles. The van der Waals surface area contributed by atoms with Gasteiger partial charge in [0.05, 0.1) is 12.0 Å². The predicted octanol–water partition coefficient (Wildman–Crippen LogP) is 1.44. The highest BCUT2D eigenvalue weighted by molar-refractivity contribution is 7.89. The first-order valence-corrected chi connectivity index (χ1v) is 7.14. The lowest BCUT2D eigenvalue weighted by molar-refractivity contribution is 0.0685. The van der Waals surface area contributed by atoms with Gasteiger partial charge in [-0.2, -0.15) is 9.57 Å². The zero-order chi connectivity index (χ0) is 16.4. The Hall–Kier alpha value is -2.05. The van der Waals surface area contributed by atoms with Crippen molar-refractivity contribution < 1.29 is 27.1 Å². The second kappa shape index (κ2) is 6.15. The molecule has 1 N–H and O–H groups in total. The summed E-state index contributed by atoms with van der Waals surface area (Å²) in [5, 5.41) is 17.4. The summed E-state index contributed by atoms with van der Waals surface area (Å²) in [6.45, 7) is 1.26. The van der Waals surface area contributed by atoms with Gasteiger partial charge in [0, 0.05) is 13.6 Å². The molecule has 21 heavy (non-hydrogen) atoms. The van der Waals surface area contributed by atoms with Gasteiger partial charge in [0.25, 0.3) is 0 Å². The molecule has 0 aliphatic carbocycles. The van der Waals surface area contributed by atoms with Crippen molar-refractivity contribution in [3.63, 3.8) is 0 Å². The fraction of sp³-hybridized carbons (Fsp3) is 0.333. The maximum Gasteiger partial charge on any atom is 0.341 e. The summed E-state index contributed by atoms with van der Waals surface area (Å²) in [7, 11) is -3.25. The van der Waals surface area contributed by atoms with E-state index in [0.29, 0.717) is 16.4 Å². The summed E-state index contributed by atoms with van der Waals surface area (Å²) in [6, 6.07) is 3.04. The van der Waals surface area contributed by atoms with Gasteiger partial charge in [0.1, 0.15) is 16.3 Å². The Morgan fingerprint density at radius 3 is 2.52 bits per heavy atom. The van der Waals surface area contributed by atoms with Crippen LogP contribution in [0.1, 0.15) is 17.3 Å². The average Bonchev–Trinajstić information content (AvgIpc) is 2.37. The molecule has 0 aliphatic heterocycles. The summed E-state index contributed by atoms with van der Waals surface area (Å²) >= 11 is 0. The monoisotopic (exact) mass is 318 g/mol. The molecule has 114 valence electrons. The summed E-state index contributed by atoms with van der Waals surface area (Å²) in [5.41, 5.74) is -1.34. The quantitative estimate of drug-likeness (QED) is 0.886. The number of aromatic carboxylic acids is 1. The molecule has 0 aliphatic rings. The highest BCUT2D eigenvalue weighted by atomic mass is 32.2. The number of carbonyl (C=O) groups is 1. The molecule has 1 aromatic carbocycles. The van der Waals surface area contributed by atoms with E-state index in [1.165, 1.54) is 6.92 Å². The van der Waals surface area contributed by atoms with Crippen molar-refractivity contribution in [2.75, 3.05) is 13.6 Å². The Balaban J connectivity index is 3.37. The Bertz CT molecular complexity index is 713. The lowest BCUT2D eigenvalue weighted by atomic mass is 10.2. The number of sulfonamides is 1. The SMILES string of the molecule is CC(C#N)CN(C)S(=O)(=O)c1ccc(F)c(C(=O)O)c1F. The number of nitriles is 1. The van der Waals surface area contributed by atoms with Crippen LogP contribution in [0.4, 0.5) is 8.78 Å². The van der Waals surface area contributed by atoms with Gasteiger partial charge in [0.15, 0.2) is 5.82 Å². The normalized spacial score (nSPS) is 13.0. The van der Waals surface area contributed by atoms with Crippen LogP contribution < -0.4 is 0 Å². The van der Waals surface area contributed by atoms with Crippen molar-refractivity contribution in [2.24, 2.45) is 5.92 Å². The second-order valence-electron chi connectivity index (χ2n) is 4.36. The first-order valence-electron chi connectivity index (χ1n) is 5.70. The number of rotatable bonds is 5. The summed E-state index contributed by atoms with van der Waals surface area (Å²) in [5.74, 6) is -5.59. The molecule has 9 heteroatoms. The van der Waals surface area contributed by atoms with Crippen molar-refractivity contribution >= 4 is 16.0 Å². The van der Waals surface area contributed by atoms with E-state index in [1.54, 1.807) is 0 Å². The standard InChI is InChI=1S/C12H12F2N2O4S/c1-7(5-15)6-16(2)21(19,20)9-4-3-8(13)10(11(9)14)12(17)18/h3-4,7H,6H2,1-2H3,(H,17,18). The Morgan fingerprint density at radius 2 is 2.05 bits per heavy atom. The number of carboxylic acid groups (broad SMARTS) is 1. The van der Waals surface area contributed by atoms with Crippen molar-refractivity contribution in [3.8, 4) is 6.07 Å². The van der Waals surface area contributed by atoms with Crippen LogP contribution in [-0.4, -0.2) is 37.4 Å². The van der Waals surface area contributed by atoms with E-state index in [0.717, 1.165) is 7.05 Å². The lowest BCUT2D eigenvalue weighted by Crippen LogP contribution is -2.31. The molecule has 0 saturated heterocycles. The Labute approximate surface area is 120 Å². The zero-order valence-electron chi connectivity index (χ0n) is 11.2. The number of benzene rings is 1. The molecule has 0 spiro atoms. The molecule has 0 aromatic heterocycles. The molecule has 0 radical (unpaired) electrons. The third kappa shape index (κ3) is 3.34. The largest absolute Gasteiger partial charge is 0.477 e. The maximum atomic E-state index is 14.0. The molecule has 1 atom stereocenters. The zero-order valence-corrected chi connectivity index (χ0v) is 12.0. The predicted molar refractivity (Wildman–Crippen MR) is 67.9 cm³/mol. The third-order valence-electron chi connectivity index (χ3n) is 2.71. The molecule has 0 amide bonds. The van der Waals surface area contributed by atoms with Gasteiger partial charge >= 0.3 is 5.97 Å². The topological polar surface area (TPSA) is 98.5 Å².